The zero-order valence-electron chi connectivity index (χ0n) is 8.86. The van der Waals surface area contributed by atoms with Crippen LogP contribution < -0.4 is 5.32 Å². The number of benzene rings is 1. The number of anilines is 1. The summed E-state index contributed by atoms with van der Waals surface area (Å²) in [4.78, 5) is 11.5. The van der Waals surface area contributed by atoms with Gasteiger partial charge in [-0.1, -0.05) is 6.07 Å². The second-order valence-corrected chi connectivity index (χ2v) is 6.62. The lowest BCUT2D eigenvalue weighted by molar-refractivity contribution is -0.120. The van der Waals surface area contributed by atoms with Crippen LogP contribution >= 0.6 is 0 Å². The van der Waals surface area contributed by atoms with E-state index in [0.29, 0.717) is 6.42 Å². The Morgan fingerprint density at radius 2 is 2.00 bits per heavy atom. The van der Waals surface area contributed by atoms with E-state index >= 15 is 0 Å². The van der Waals surface area contributed by atoms with E-state index in [-0.39, 0.29) is 23.4 Å². The topological polar surface area (TPSA) is 63.2 Å². The van der Waals surface area contributed by atoms with Crippen molar-refractivity contribution in [2.24, 2.45) is 0 Å². The fourth-order valence-electron chi connectivity index (χ4n) is 2.43. The standard InChI is InChI=1S/C11H10FNO3S/c12-7-3-1-4-8-9(7)17(15,16)11(5-2-6-11)10(14)13-8/h1,3-4H,2,5-6H2,(H,13,14). The van der Waals surface area contributed by atoms with Crippen LogP contribution in [0.1, 0.15) is 19.3 Å². The molecular formula is C11H10FNO3S. The van der Waals surface area contributed by atoms with E-state index in [1.54, 1.807) is 0 Å². The van der Waals surface area contributed by atoms with E-state index in [9.17, 15) is 17.6 Å². The monoisotopic (exact) mass is 255 g/mol. The normalized spacial score (nSPS) is 23.7. The molecule has 0 unspecified atom stereocenters. The Kier molecular flexibility index (Phi) is 1.93. The van der Waals surface area contributed by atoms with E-state index in [1.165, 1.54) is 12.1 Å². The Morgan fingerprint density at radius 1 is 1.29 bits per heavy atom. The molecule has 1 heterocycles. The number of halogens is 1. The zero-order valence-corrected chi connectivity index (χ0v) is 9.68. The van der Waals surface area contributed by atoms with E-state index in [2.05, 4.69) is 5.32 Å². The van der Waals surface area contributed by atoms with Gasteiger partial charge in [-0.05, 0) is 31.4 Å². The number of sulfone groups is 1. The van der Waals surface area contributed by atoms with Crippen LogP contribution in [-0.2, 0) is 14.6 Å². The largest absolute Gasteiger partial charge is 0.323 e. The highest BCUT2D eigenvalue weighted by atomic mass is 32.2. The fourth-order valence-corrected chi connectivity index (χ4v) is 4.67. The van der Waals surface area contributed by atoms with Crippen molar-refractivity contribution in [3.8, 4) is 0 Å². The van der Waals surface area contributed by atoms with Gasteiger partial charge < -0.3 is 5.32 Å². The second-order valence-electron chi connectivity index (χ2n) is 4.42. The molecule has 1 aliphatic heterocycles. The van der Waals surface area contributed by atoms with Crippen LogP contribution in [0.25, 0.3) is 0 Å². The van der Waals surface area contributed by atoms with E-state index in [0.717, 1.165) is 6.07 Å². The second kappa shape index (κ2) is 3.07. The Balaban J connectivity index is 2.33. The van der Waals surface area contributed by atoms with Gasteiger partial charge in [0.2, 0.25) is 5.91 Å². The SMILES string of the molecule is O=C1Nc2cccc(F)c2S(=O)(=O)C12CCC2. The lowest BCUT2D eigenvalue weighted by Crippen LogP contribution is -2.57. The van der Waals surface area contributed by atoms with Gasteiger partial charge in [0.05, 0.1) is 5.69 Å². The van der Waals surface area contributed by atoms with Gasteiger partial charge in [-0.15, -0.1) is 0 Å². The maximum atomic E-state index is 13.7. The molecule has 0 radical (unpaired) electrons. The van der Waals surface area contributed by atoms with Gasteiger partial charge in [0, 0.05) is 0 Å². The van der Waals surface area contributed by atoms with Crippen LogP contribution in [0.2, 0.25) is 0 Å². The minimum absolute atomic E-state index is 0.0486. The summed E-state index contributed by atoms with van der Waals surface area (Å²) in [5, 5.41) is 2.49. The highest BCUT2D eigenvalue weighted by Crippen LogP contribution is 2.48. The average Bonchev–Trinajstić information content (AvgIpc) is 2.12. The summed E-state index contributed by atoms with van der Waals surface area (Å²) < 4.78 is 36.9. The van der Waals surface area contributed by atoms with Crippen molar-refractivity contribution in [3.05, 3.63) is 24.0 Å². The van der Waals surface area contributed by atoms with Crippen molar-refractivity contribution in [2.45, 2.75) is 28.9 Å². The van der Waals surface area contributed by atoms with Gasteiger partial charge in [-0.3, -0.25) is 4.79 Å². The summed E-state index contributed by atoms with van der Waals surface area (Å²) in [6, 6.07) is 3.88. The fraction of sp³-hybridized carbons (Fsp3) is 0.364. The molecule has 3 rings (SSSR count). The van der Waals surface area contributed by atoms with Crippen molar-refractivity contribution >= 4 is 21.4 Å². The third-order valence-electron chi connectivity index (χ3n) is 3.57. The van der Waals surface area contributed by atoms with E-state index < -0.39 is 26.3 Å². The predicted octanol–water partition coefficient (Wildman–Crippen LogP) is 1.47. The van der Waals surface area contributed by atoms with Crippen molar-refractivity contribution in [1.82, 2.24) is 0 Å². The Morgan fingerprint density at radius 3 is 2.59 bits per heavy atom. The molecule has 1 N–H and O–H groups in total. The number of rotatable bonds is 0. The Hall–Kier alpha value is -1.43. The molecule has 1 saturated carbocycles. The van der Waals surface area contributed by atoms with Gasteiger partial charge in [-0.2, -0.15) is 0 Å². The molecule has 4 nitrogen and oxygen atoms in total. The molecule has 1 aliphatic carbocycles. The van der Waals surface area contributed by atoms with Crippen molar-refractivity contribution in [3.63, 3.8) is 0 Å². The molecule has 1 fully saturated rings. The number of nitrogens with one attached hydrogen (secondary N) is 1. The van der Waals surface area contributed by atoms with E-state index in [4.69, 9.17) is 0 Å². The number of carbonyl (C=O) groups is 1. The number of fused-ring (bicyclic) bond motifs is 1. The van der Waals surface area contributed by atoms with Crippen molar-refractivity contribution in [1.29, 1.82) is 0 Å². The molecule has 0 bridgehead atoms. The molecule has 0 atom stereocenters. The lowest BCUT2D eigenvalue weighted by Gasteiger charge is -2.42. The molecule has 2 aliphatic rings. The van der Waals surface area contributed by atoms with Crippen LogP contribution in [0.3, 0.4) is 0 Å². The average molecular weight is 255 g/mol. The maximum absolute atomic E-state index is 13.7. The quantitative estimate of drug-likeness (QED) is 0.763. The molecule has 1 spiro atoms. The predicted molar refractivity (Wildman–Crippen MR) is 58.8 cm³/mol. The first-order valence-electron chi connectivity index (χ1n) is 5.34. The van der Waals surface area contributed by atoms with E-state index in [1.807, 2.05) is 0 Å². The summed E-state index contributed by atoms with van der Waals surface area (Å²) >= 11 is 0. The molecule has 1 aromatic carbocycles. The molecule has 0 aromatic heterocycles. The number of hydrogen-bond donors (Lipinski definition) is 1. The van der Waals surface area contributed by atoms with Crippen LogP contribution in [0, 0.1) is 5.82 Å². The Bertz CT molecular complexity index is 620. The maximum Gasteiger partial charge on any atom is 0.246 e. The van der Waals surface area contributed by atoms with Gasteiger partial charge >= 0.3 is 0 Å². The molecule has 17 heavy (non-hydrogen) atoms. The molecule has 0 saturated heterocycles. The van der Waals surface area contributed by atoms with Crippen molar-refractivity contribution < 1.29 is 17.6 Å². The summed E-state index contributed by atoms with van der Waals surface area (Å²) in [5.41, 5.74) is 0.0486. The highest BCUT2D eigenvalue weighted by Gasteiger charge is 2.59. The first kappa shape index (κ1) is 10.7. The lowest BCUT2D eigenvalue weighted by atomic mass is 9.83. The summed E-state index contributed by atoms with van der Waals surface area (Å²) in [5.74, 6) is -1.32. The number of carbonyl (C=O) groups excluding carboxylic acids is 1. The zero-order chi connectivity index (χ0) is 12.3. The first-order valence-corrected chi connectivity index (χ1v) is 6.82. The molecule has 1 aromatic rings. The van der Waals surface area contributed by atoms with Crippen LogP contribution in [0.15, 0.2) is 23.1 Å². The first-order chi connectivity index (χ1) is 7.99. The molecule has 90 valence electrons. The number of hydrogen-bond acceptors (Lipinski definition) is 3. The van der Waals surface area contributed by atoms with Crippen LogP contribution in [-0.4, -0.2) is 19.1 Å². The van der Waals surface area contributed by atoms with Crippen molar-refractivity contribution in [2.75, 3.05) is 5.32 Å². The van der Waals surface area contributed by atoms with Gasteiger partial charge in [-0.25, -0.2) is 12.8 Å². The number of amides is 1. The Labute approximate surface area is 97.7 Å². The highest BCUT2D eigenvalue weighted by molar-refractivity contribution is 7.94. The summed E-state index contributed by atoms with van der Waals surface area (Å²) in [7, 11) is -3.91. The summed E-state index contributed by atoms with van der Waals surface area (Å²) in [6.07, 6.45) is 1.22. The van der Waals surface area contributed by atoms with Gasteiger partial charge in [0.25, 0.3) is 0 Å². The third kappa shape index (κ3) is 1.11. The summed E-state index contributed by atoms with van der Waals surface area (Å²) in [6.45, 7) is 0. The molecule has 6 heteroatoms. The minimum Gasteiger partial charge on any atom is -0.323 e. The van der Waals surface area contributed by atoms with Gasteiger partial charge in [0.1, 0.15) is 10.7 Å². The smallest absolute Gasteiger partial charge is 0.246 e. The minimum atomic E-state index is -3.91. The van der Waals surface area contributed by atoms with Crippen LogP contribution in [0.4, 0.5) is 10.1 Å². The third-order valence-corrected chi connectivity index (χ3v) is 6.15. The van der Waals surface area contributed by atoms with Gasteiger partial charge in [0.15, 0.2) is 14.6 Å². The molecular weight excluding hydrogens is 245 g/mol. The molecule has 1 amide bonds. The van der Waals surface area contributed by atoms with Crippen LogP contribution in [0.5, 0.6) is 0 Å².